The Kier molecular flexibility index (Phi) is 4.74. The van der Waals surface area contributed by atoms with Gasteiger partial charge in [-0.15, -0.1) is 0 Å². The molecule has 0 bridgehead atoms. The Morgan fingerprint density at radius 3 is 2.65 bits per heavy atom. The first kappa shape index (κ1) is 14.5. The molecule has 3 N–H and O–H groups in total. The predicted molar refractivity (Wildman–Crippen MR) is 75.2 cm³/mol. The van der Waals surface area contributed by atoms with Crippen molar-refractivity contribution in [3.63, 3.8) is 0 Å². The molecule has 20 heavy (non-hydrogen) atoms. The van der Waals surface area contributed by atoms with E-state index in [2.05, 4.69) is 0 Å². The van der Waals surface area contributed by atoms with Crippen LogP contribution in [0.1, 0.15) is 24.3 Å². The number of carbonyl (C=O) groups excluding carboxylic acids is 1. The quantitative estimate of drug-likeness (QED) is 0.842. The lowest BCUT2D eigenvalue weighted by atomic mass is 9.98. The summed E-state index contributed by atoms with van der Waals surface area (Å²) in [7, 11) is 0. The molecule has 1 aliphatic rings. The minimum atomic E-state index is -0.803. The number of nitrogens with two attached hydrogens (primary N) is 1. The van der Waals surface area contributed by atoms with Gasteiger partial charge >= 0.3 is 5.97 Å². The molecule has 0 spiro atoms. The molecule has 1 aromatic rings. The van der Waals surface area contributed by atoms with Crippen molar-refractivity contribution in [3.8, 4) is 0 Å². The third-order valence-electron chi connectivity index (χ3n) is 3.80. The maximum absolute atomic E-state index is 12.5. The van der Waals surface area contributed by atoms with Gasteiger partial charge in [-0.05, 0) is 17.9 Å². The Hall–Kier alpha value is -1.88. The topological polar surface area (TPSA) is 83.6 Å². The fraction of sp³-hybridized carbons (Fsp3) is 0.467. The summed E-state index contributed by atoms with van der Waals surface area (Å²) in [5.41, 5.74) is 6.67. The van der Waals surface area contributed by atoms with Gasteiger partial charge in [-0.25, -0.2) is 0 Å². The van der Waals surface area contributed by atoms with E-state index in [1.165, 1.54) is 0 Å². The minimum absolute atomic E-state index is 0.00610. The summed E-state index contributed by atoms with van der Waals surface area (Å²) in [4.78, 5) is 25.0. The van der Waals surface area contributed by atoms with Crippen molar-refractivity contribution in [2.75, 3.05) is 19.6 Å². The van der Waals surface area contributed by atoms with Crippen LogP contribution in [0, 0.1) is 5.92 Å². The predicted octanol–water partition coefficient (Wildman–Crippen LogP) is 1.05. The van der Waals surface area contributed by atoms with Crippen molar-refractivity contribution in [1.29, 1.82) is 0 Å². The van der Waals surface area contributed by atoms with Crippen molar-refractivity contribution in [2.24, 2.45) is 11.7 Å². The van der Waals surface area contributed by atoms with Crippen LogP contribution in [0.2, 0.25) is 0 Å². The zero-order chi connectivity index (χ0) is 14.5. The molecule has 108 valence electrons. The second kappa shape index (κ2) is 6.52. The summed E-state index contributed by atoms with van der Waals surface area (Å²) in [6, 6.07) is 9.49. The monoisotopic (exact) mass is 276 g/mol. The Bertz CT molecular complexity index is 475. The molecule has 0 aromatic heterocycles. The van der Waals surface area contributed by atoms with Gasteiger partial charge in [0, 0.05) is 26.1 Å². The highest BCUT2D eigenvalue weighted by Gasteiger charge is 2.31. The summed E-state index contributed by atoms with van der Waals surface area (Å²) in [5.74, 6) is -1.07. The van der Waals surface area contributed by atoms with E-state index < -0.39 is 5.97 Å². The van der Waals surface area contributed by atoms with Crippen LogP contribution in [-0.2, 0) is 9.59 Å². The Labute approximate surface area is 118 Å². The number of carbonyl (C=O) groups is 2. The van der Waals surface area contributed by atoms with Crippen LogP contribution in [0.5, 0.6) is 0 Å². The van der Waals surface area contributed by atoms with E-state index in [1.807, 2.05) is 30.3 Å². The molecule has 0 radical (unpaired) electrons. The normalized spacial score (nSPS) is 19.9. The Balaban J connectivity index is 2.02. The average molecular weight is 276 g/mol. The van der Waals surface area contributed by atoms with Crippen LogP contribution in [-0.4, -0.2) is 41.5 Å². The number of rotatable bonds is 5. The second-order valence-electron chi connectivity index (χ2n) is 5.24. The van der Waals surface area contributed by atoms with Crippen LogP contribution in [0.3, 0.4) is 0 Å². The molecule has 2 atom stereocenters. The van der Waals surface area contributed by atoms with Gasteiger partial charge in [0.15, 0.2) is 0 Å². The third-order valence-corrected chi connectivity index (χ3v) is 3.80. The van der Waals surface area contributed by atoms with Crippen LogP contribution in [0.15, 0.2) is 30.3 Å². The zero-order valence-corrected chi connectivity index (χ0v) is 11.4. The highest BCUT2D eigenvalue weighted by Crippen LogP contribution is 2.24. The van der Waals surface area contributed by atoms with Gasteiger partial charge < -0.3 is 15.7 Å². The Morgan fingerprint density at radius 2 is 2.05 bits per heavy atom. The first-order valence-electron chi connectivity index (χ1n) is 6.87. The highest BCUT2D eigenvalue weighted by molar-refractivity contribution is 5.84. The molecule has 1 heterocycles. The minimum Gasteiger partial charge on any atom is -0.481 e. The van der Waals surface area contributed by atoms with Gasteiger partial charge in [0.1, 0.15) is 0 Å². The average Bonchev–Trinajstić information content (AvgIpc) is 2.88. The van der Waals surface area contributed by atoms with E-state index in [0.717, 1.165) is 12.0 Å². The van der Waals surface area contributed by atoms with Crippen LogP contribution in [0.25, 0.3) is 0 Å². The summed E-state index contributed by atoms with van der Waals surface area (Å²) in [6.45, 7) is 1.41. The van der Waals surface area contributed by atoms with Crippen molar-refractivity contribution in [3.05, 3.63) is 35.9 Å². The molecule has 2 unspecified atom stereocenters. The van der Waals surface area contributed by atoms with Gasteiger partial charge in [0.2, 0.25) is 5.91 Å². The lowest BCUT2D eigenvalue weighted by molar-refractivity contribution is -0.138. The number of aliphatic carboxylic acids is 1. The smallest absolute Gasteiger partial charge is 0.303 e. The molecule has 1 aromatic carbocycles. The van der Waals surface area contributed by atoms with Crippen molar-refractivity contribution < 1.29 is 14.7 Å². The van der Waals surface area contributed by atoms with E-state index in [0.29, 0.717) is 13.1 Å². The lowest BCUT2D eigenvalue weighted by Gasteiger charge is -2.23. The van der Waals surface area contributed by atoms with Gasteiger partial charge in [-0.1, -0.05) is 30.3 Å². The number of likely N-dealkylation sites (tertiary alicyclic amines) is 1. The molecule has 0 saturated carbocycles. The molecular weight excluding hydrogens is 256 g/mol. The fourth-order valence-electron chi connectivity index (χ4n) is 2.73. The zero-order valence-electron chi connectivity index (χ0n) is 11.4. The number of hydrogen-bond donors (Lipinski definition) is 2. The molecule has 1 aliphatic heterocycles. The molecule has 0 aliphatic carbocycles. The van der Waals surface area contributed by atoms with E-state index in [1.54, 1.807) is 4.90 Å². The SMILES string of the molecule is NCC(C(=O)N1CCC(CC(=O)O)C1)c1ccccc1. The maximum atomic E-state index is 12.5. The van der Waals surface area contributed by atoms with Gasteiger partial charge in [0.25, 0.3) is 0 Å². The maximum Gasteiger partial charge on any atom is 0.303 e. The van der Waals surface area contributed by atoms with Crippen molar-refractivity contribution in [2.45, 2.75) is 18.8 Å². The molecule has 5 nitrogen and oxygen atoms in total. The Morgan fingerprint density at radius 1 is 1.35 bits per heavy atom. The first-order valence-corrected chi connectivity index (χ1v) is 6.87. The van der Waals surface area contributed by atoms with Crippen LogP contribution >= 0.6 is 0 Å². The first-order chi connectivity index (χ1) is 9.61. The van der Waals surface area contributed by atoms with Crippen molar-refractivity contribution >= 4 is 11.9 Å². The van der Waals surface area contributed by atoms with E-state index in [-0.39, 0.29) is 30.7 Å². The largest absolute Gasteiger partial charge is 0.481 e. The number of carboxylic acid groups (broad SMARTS) is 1. The summed E-state index contributed by atoms with van der Waals surface area (Å²) in [5, 5.41) is 8.81. The van der Waals surface area contributed by atoms with Gasteiger partial charge in [-0.2, -0.15) is 0 Å². The molecule has 5 heteroatoms. The summed E-state index contributed by atoms with van der Waals surface area (Å²) < 4.78 is 0. The summed E-state index contributed by atoms with van der Waals surface area (Å²) >= 11 is 0. The fourth-order valence-corrected chi connectivity index (χ4v) is 2.73. The highest BCUT2D eigenvalue weighted by atomic mass is 16.4. The molecule has 1 saturated heterocycles. The van der Waals surface area contributed by atoms with Crippen LogP contribution in [0.4, 0.5) is 0 Å². The van der Waals surface area contributed by atoms with Gasteiger partial charge in [0.05, 0.1) is 5.92 Å². The van der Waals surface area contributed by atoms with E-state index in [9.17, 15) is 9.59 Å². The molecule has 2 rings (SSSR count). The van der Waals surface area contributed by atoms with Crippen LogP contribution < -0.4 is 5.73 Å². The number of nitrogens with zero attached hydrogens (tertiary/aromatic N) is 1. The number of carboxylic acids is 1. The number of hydrogen-bond acceptors (Lipinski definition) is 3. The molecular formula is C15H20N2O3. The second-order valence-corrected chi connectivity index (χ2v) is 5.24. The molecule has 1 amide bonds. The van der Waals surface area contributed by atoms with Crippen molar-refractivity contribution in [1.82, 2.24) is 4.90 Å². The number of benzene rings is 1. The molecule has 1 fully saturated rings. The lowest BCUT2D eigenvalue weighted by Crippen LogP contribution is -2.36. The third kappa shape index (κ3) is 3.36. The number of amides is 1. The van der Waals surface area contributed by atoms with E-state index >= 15 is 0 Å². The van der Waals surface area contributed by atoms with E-state index in [4.69, 9.17) is 10.8 Å². The standard InChI is InChI=1S/C15H20N2O3/c16-9-13(12-4-2-1-3-5-12)15(20)17-7-6-11(10-17)8-14(18)19/h1-5,11,13H,6-10,16H2,(H,18,19). The van der Waals surface area contributed by atoms with Gasteiger partial charge in [-0.3, -0.25) is 9.59 Å². The summed E-state index contributed by atoms with van der Waals surface area (Å²) in [6.07, 6.45) is 0.881.